The number of amides is 1. The molecular formula is C9H11F2NO3. The Labute approximate surface area is 84.9 Å². The maximum absolute atomic E-state index is 12.6. The molecule has 15 heavy (non-hydrogen) atoms. The molecule has 0 aromatic carbocycles. The first-order valence-electron chi connectivity index (χ1n) is 4.27. The van der Waals surface area contributed by atoms with Crippen LogP contribution in [-0.2, 0) is 0 Å². The normalized spacial score (nSPS) is 11.5. The summed E-state index contributed by atoms with van der Waals surface area (Å²) in [6, 6.07) is 1.55. The van der Waals surface area contributed by atoms with Crippen molar-refractivity contribution in [3.05, 3.63) is 23.7 Å². The highest BCUT2D eigenvalue weighted by Crippen LogP contribution is 2.12. The lowest BCUT2D eigenvalue weighted by Crippen LogP contribution is -2.39. The third kappa shape index (κ3) is 3.02. The van der Waals surface area contributed by atoms with Crippen molar-refractivity contribution in [3.8, 4) is 0 Å². The molecular weight excluding hydrogens is 208 g/mol. The first kappa shape index (κ1) is 11.6. The molecule has 1 heterocycles. The lowest BCUT2D eigenvalue weighted by Gasteiger charge is -2.13. The van der Waals surface area contributed by atoms with E-state index >= 15 is 0 Å². The van der Waals surface area contributed by atoms with Gasteiger partial charge in [-0.2, -0.15) is 0 Å². The van der Waals surface area contributed by atoms with E-state index in [0.717, 1.165) is 0 Å². The Kier molecular flexibility index (Phi) is 3.41. The highest BCUT2D eigenvalue weighted by Gasteiger charge is 2.28. The SMILES string of the molecule is Cc1ccoc1C(=O)NCC(F)(F)CO. The smallest absolute Gasteiger partial charge is 0.287 e. The number of aliphatic hydroxyl groups excluding tert-OH is 1. The van der Waals surface area contributed by atoms with E-state index in [1.54, 1.807) is 13.0 Å². The summed E-state index contributed by atoms with van der Waals surface area (Å²) in [4.78, 5) is 11.3. The van der Waals surface area contributed by atoms with Crippen LogP contribution in [0.15, 0.2) is 16.7 Å². The van der Waals surface area contributed by atoms with Gasteiger partial charge in [-0.15, -0.1) is 0 Å². The number of alkyl halides is 2. The quantitative estimate of drug-likeness (QED) is 0.792. The van der Waals surface area contributed by atoms with Crippen LogP contribution in [0.2, 0.25) is 0 Å². The van der Waals surface area contributed by atoms with Crippen LogP contribution in [0.1, 0.15) is 16.1 Å². The fraction of sp³-hybridized carbons (Fsp3) is 0.444. The first-order chi connectivity index (χ1) is 6.96. The minimum atomic E-state index is -3.31. The van der Waals surface area contributed by atoms with Gasteiger partial charge >= 0.3 is 0 Å². The number of furan rings is 1. The predicted octanol–water partition coefficient (Wildman–Crippen LogP) is 0.945. The molecule has 0 saturated carbocycles. The molecule has 1 amide bonds. The topological polar surface area (TPSA) is 62.5 Å². The Hall–Kier alpha value is -1.43. The van der Waals surface area contributed by atoms with Crippen molar-refractivity contribution >= 4 is 5.91 Å². The fourth-order valence-electron chi connectivity index (χ4n) is 0.951. The fourth-order valence-corrected chi connectivity index (χ4v) is 0.951. The predicted molar refractivity (Wildman–Crippen MR) is 47.8 cm³/mol. The molecule has 84 valence electrons. The molecule has 0 atom stereocenters. The van der Waals surface area contributed by atoms with E-state index < -0.39 is 25.0 Å². The number of carbonyl (C=O) groups is 1. The molecule has 1 aromatic rings. The van der Waals surface area contributed by atoms with E-state index in [1.165, 1.54) is 6.26 Å². The average Bonchev–Trinajstić information content (AvgIpc) is 2.61. The van der Waals surface area contributed by atoms with Gasteiger partial charge in [0.15, 0.2) is 5.76 Å². The van der Waals surface area contributed by atoms with Crippen molar-refractivity contribution in [3.63, 3.8) is 0 Å². The lowest BCUT2D eigenvalue weighted by molar-refractivity contribution is -0.0463. The summed E-state index contributed by atoms with van der Waals surface area (Å²) in [6.45, 7) is -0.588. The summed E-state index contributed by atoms with van der Waals surface area (Å²) in [5.41, 5.74) is 0.569. The van der Waals surface area contributed by atoms with Crippen molar-refractivity contribution in [2.24, 2.45) is 0 Å². The van der Waals surface area contributed by atoms with Gasteiger partial charge in [0.1, 0.15) is 6.61 Å². The summed E-state index contributed by atoms with van der Waals surface area (Å²) >= 11 is 0. The van der Waals surface area contributed by atoms with Crippen LogP contribution in [0, 0.1) is 6.92 Å². The van der Waals surface area contributed by atoms with Gasteiger partial charge in [0.25, 0.3) is 11.8 Å². The molecule has 1 aromatic heterocycles. The van der Waals surface area contributed by atoms with E-state index in [2.05, 4.69) is 0 Å². The molecule has 0 aliphatic rings. The summed E-state index contributed by atoms with van der Waals surface area (Å²) in [5.74, 6) is -4.02. The third-order valence-corrected chi connectivity index (χ3v) is 1.81. The second kappa shape index (κ2) is 4.39. The van der Waals surface area contributed by atoms with Crippen LogP contribution in [0.25, 0.3) is 0 Å². The van der Waals surface area contributed by atoms with E-state index in [1.807, 2.05) is 5.32 Å². The monoisotopic (exact) mass is 219 g/mol. The van der Waals surface area contributed by atoms with Crippen LogP contribution in [0.3, 0.4) is 0 Å². The maximum atomic E-state index is 12.6. The standard InChI is InChI=1S/C9H11F2NO3/c1-6-2-3-15-7(6)8(14)12-4-9(10,11)5-13/h2-3,13H,4-5H2,1H3,(H,12,14). The molecule has 0 unspecified atom stereocenters. The van der Waals surface area contributed by atoms with Crippen LogP contribution in [0.5, 0.6) is 0 Å². The van der Waals surface area contributed by atoms with Crippen LogP contribution < -0.4 is 5.32 Å². The van der Waals surface area contributed by atoms with Crippen LogP contribution in [-0.4, -0.2) is 30.1 Å². The van der Waals surface area contributed by atoms with E-state index in [9.17, 15) is 13.6 Å². The molecule has 0 fully saturated rings. The molecule has 1 rings (SSSR count). The zero-order chi connectivity index (χ0) is 11.5. The summed E-state index contributed by atoms with van der Waals surface area (Å²) in [6.07, 6.45) is 1.30. The first-order valence-corrected chi connectivity index (χ1v) is 4.27. The van der Waals surface area contributed by atoms with Crippen molar-refractivity contribution < 1.29 is 23.1 Å². The highest BCUT2D eigenvalue weighted by atomic mass is 19.3. The number of rotatable bonds is 4. The van der Waals surface area contributed by atoms with Gasteiger partial charge in [-0.05, 0) is 13.0 Å². The molecule has 0 aliphatic heterocycles. The summed E-state index contributed by atoms with van der Waals surface area (Å²) < 4.78 is 29.9. The molecule has 0 radical (unpaired) electrons. The van der Waals surface area contributed by atoms with Gasteiger partial charge in [-0.25, -0.2) is 8.78 Å². The molecule has 0 bridgehead atoms. The van der Waals surface area contributed by atoms with E-state index in [-0.39, 0.29) is 5.76 Å². The van der Waals surface area contributed by atoms with E-state index in [0.29, 0.717) is 5.56 Å². The van der Waals surface area contributed by atoms with Gasteiger partial charge < -0.3 is 14.8 Å². The second-order valence-electron chi connectivity index (χ2n) is 3.13. The lowest BCUT2D eigenvalue weighted by atomic mass is 10.2. The molecule has 6 heteroatoms. The number of hydrogen-bond acceptors (Lipinski definition) is 3. The van der Waals surface area contributed by atoms with Crippen molar-refractivity contribution in [1.82, 2.24) is 5.32 Å². The highest BCUT2D eigenvalue weighted by molar-refractivity contribution is 5.92. The molecule has 2 N–H and O–H groups in total. The maximum Gasteiger partial charge on any atom is 0.287 e. The van der Waals surface area contributed by atoms with Crippen LogP contribution in [0.4, 0.5) is 8.78 Å². The Morgan fingerprint density at radius 3 is 2.80 bits per heavy atom. The molecule has 0 saturated heterocycles. The van der Waals surface area contributed by atoms with Gasteiger partial charge in [0, 0.05) is 5.56 Å². The summed E-state index contributed by atoms with van der Waals surface area (Å²) in [5, 5.41) is 10.2. The van der Waals surface area contributed by atoms with E-state index in [4.69, 9.17) is 9.52 Å². The van der Waals surface area contributed by atoms with Crippen molar-refractivity contribution in [2.75, 3.05) is 13.2 Å². The third-order valence-electron chi connectivity index (χ3n) is 1.81. The largest absolute Gasteiger partial charge is 0.459 e. The Bertz CT molecular complexity index is 349. The number of nitrogens with one attached hydrogen (secondary N) is 1. The Balaban J connectivity index is 2.55. The molecule has 4 nitrogen and oxygen atoms in total. The van der Waals surface area contributed by atoms with Crippen molar-refractivity contribution in [2.45, 2.75) is 12.8 Å². The average molecular weight is 219 g/mol. The minimum Gasteiger partial charge on any atom is -0.459 e. The van der Waals surface area contributed by atoms with Gasteiger partial charge in [-0.1, -0.05) is 0 Å². The van der Waals surface area contributed by atoms with Crippen molar-refractivity contribution in [1.29, 1.82) is 0 Å². The summed E-state index contributed by atoms with van der Waals surface area (Å²) in [7, 11) is 0. The number of hydrogen-bond donors (Lipinski definition) is 2. The molecule has 0 aliphatic carbocycles. The number of halogens is 2. The minimum absolute atomic E-state index is 0.00346. The number of carbonyl (C=O) groups excluding carboxylic acids is 1. The Morgan fingerprint density at radius 2 is 2.33 bits per heavy atom. The van der Waals surface area contributed by atoms with Crippen LogP contribution >= 0.6 is 0 Å². The zero-order valence-electron chi connectivity index (χ0n) is 8.09. The number of aliphatic hydroxyl groups is 1. The second-order valence-corrected chi connectivity index (χ2v) is 3.13. The zero-order valence-corrected chi connectivity index (χ0v) is 8.09. The van der Waals surface area contributed by atoms with Gasteiger partial charge in [-0.3, -0.25) is 4.79 Å². The number of aryl methyl sites for hydroxylation is 1. The Morgan fingerprint density at radius 1 is 1.67 bits per heavy atom. The van der Waals surface area contributed by atoms with Gasteiger partial charge in [0.05, 0.1) is 12.8 Å². The molecule has 0 spiro atoms. The van der Waals surface area contributed by atoms with Gasteiger partial charge in [0.2, 0.25) is 0 Å².